The van der Waals surface area contributed by atoms with E-state index in [2.05, 4.69) is 0 Å². The van der Waals surface area contributed by atoms with Crippen molar-refractivity contribution in [2.75, 3.05) is 125 Å². The predicted octanol–water partition coefficient (Wildman–Crippen LogP) is 2.21. The number of nitrogens with two attached hydrogens (primary N) is 1. The minimum atomic E-state index is 0.233. The molecule has 0 aliphatic heterocycles. The number of hydrogen-bond donors (Lipinski definition) is 1. The molecule has 0 radical (unpaired) electrons. The van der Waals surface area contributed by atoms with E-state index in [1.165, 1.54) is 0 Å². The van der Waals surface area contributed by atoms with Crippen molar-refractivity contribution in [2.24, 2.45) is 0 Å². The van der Waals surface area contributed by atoms with Gasteiger partial charge in [0.2, 0.25) is 0 Å². The van der Waals surface area contributed by atoms with Gasteiger partial charge in [0.1, 0.15) is 12.4 Å². The maximum absolute atomic E-state index is 5.81. The zero-order valence-electron chi connectivity index (χ0n) is 23.3. The highest BCUT2D eigenvalue weighted by atomic mass is 16.6. The molecule has 0 amide bonds. The molecule has 0 aliphatic carbocycles. The van der Waals surface area contributed by atoms with Crippen molar-refractivity contribution >= 4 is 5.69 Å². The molecule has 0 aromatic heterocycles. The van der Waals surface area contributed by atoms with Gasteiger partial charge in [-0.3, -0.25) is 0 Å². The van der Waals surface area contributed by atoms with Gasteiger partial charge in [-0.1, -0.05) is 12.1 Å². The number of benzene rings is 1. The molecule has 1 rings (SSSR count). The van der Waals surface area contributed by atoms with Crippen molar-refractivity contribution in [1.29, 1.82) is 0 Å². The molecule has 222 valence electrons. The van der Waals surface area contributed by atoms with E-state index in [1.807, 2.05) is 32.0 Å². The van der Waals surface area contributed by atoms with Crippen LogP contribution in [0, 0.1) is 0 Å². The Morgan fingerprint density at radius 1 is 0.474 bits per heavy atom. The molecule has 0 heterocycles. The Balaban J connectivity index is 1.65. The van der Waals surface area contributed by atoms with E-state index < -0.39 is 0 Å². The molecule has 1 aromatic carbocycles. The van der Waals surface area contributed by atoms with Crippen LogP contribution >= 0.6 is 0 Å². The number of anilines is 1. The van der Waals surface area contributed by atoms with Crippen molar-refractivity contribution in [3.05, 3.63) is 24.3 Å². The monoisotopic (exact) mass is 547 g/mol. The summed E-state index contributed by atoms with van der Waals surface area (Å²) in [6.45, 7) is 13.4. The van der Waals surface area contributed by atoms with Crippen LogP contribution in [0.25, 0.3) is 0 Å². The van der Waals surface area contributed by atoms with E-state index in [-0.39, 0.29) is 6.10 Å². The third-order valence-electron chi connectivity index (χ3n) is 4.69. The lowest BCUT2D eigenvalue weighted by Gasteiger charge is -2.10. The molecular weight excluding hydrogens is 498 g/mol. The Bertz CT molecular complexity index is 623. The lowest BCUT2D eigenvalue weighted by atomic mass is 10.3. The zero-order chi connectivity index (χ0) is 27.4. The first kappa shape index (κ1) is 34.5. The quantitative estimate of drug-likeness (QED) is 0.117. The van der Waals surface area contributed by atoms with Crippen LogP contribution < -0.4 is 10.5 Å². The standard InChI is InChI=1S/C27H49NO10/c1-25(2)37-23-21-35-19-17-33-15-13-31-11-9-29-7-8-30-10-12-32-14-16-34-18-20-36-22-24-38-27-6-4-3-5-26(27)28/h3-6,25H,7-24,28H2,1-2H3. The number of para-hydroxylation sites is 2. The summed E-state index contributed by atoms with van der Waals surface area (Å²) in [7, 11) is 0. The summed E-state index contributed by atoms with van der Waals surface area (Å²) in [5, 5.41) is 0. The Morgan fingerprint density at radius 2 is 0.789 bits per heavy atom. The second kappa shape index (κ2) is 27.0. The second-order valence-electron chi connectivity index (χ2n) is 8.20. The van der Waals surface area contributed by atoms with Gasteiger partial charge in [-0.25, -0.2) is 0 Å². The highest BCUT2D eigenvalue weighted by Crippen LogP contribution is 2.19. The van der Waals surface area contributed by atoms with Crippen molar-refractivity contribution < 1.29 is 47.4 Å². The van der Waals surface area contributed by atoms with Gasteiger partial charge in [0.25, 0.3) is 0 Å². The number of nitrogen functional groups attached to an aromatic ring is 1. The third kappa shape index (κ3) is 23.6. The van der Waals surface area contributed by atoms with E-state index >= 15 is 0 Å². The smallest absolute Gasteiger partial charge is 0.142 e. The van der Waals surface area contributed by atoms with Crippen LogP contribution in [0.1, 0.15) is 13.8 Å². The molecule has 1 aromatic rings. The van der Waals surface area contributed by atoms with Crippen LogP contribution in [0.2, 0.25) is 0 Å². The first-order valence-corrected chi connectivity index (χ1v) is 13.4. The summed E-state index contributed by atoms with van der Waals surface area (Å²) >= 11 is 0. The van der Waals surface area contributed by atoms with Gasteiger partial charge in [0.15, 0.2) is 0 Å². The molecule has 0 fully saturated rings. The molecule has 11 heteroatoms. The summed E-state index contributed by atoms with van der Waals surface area (Å²) in [6.07, 6.45) is 0.233. The highest BCUT2D eigenvalue weighted by molar-refractivity contribution is 5.51. The molecule has 0 saturated heterocycles. The Hall–Kier alpha value is -1.54. The van der Waals surface area contributed by atoms with Crippen LogP contribution in [0.15, 0.2) is 24.3 Å². The molecule has 38 heavy (non-hydrogen) atoms. The van der Waals surface area contributed by atoms with E-state index in [1.54, 1.807) is 6.07 Å². The topological polar surface area (TPSA) is 118 Å². The molecule has 0 atom stereocenters. The summed E-state index contributed by atoms with van der Waals surface area (Å²) in [6, 6.07) is 7.38. The van der Waals surface area contributed by atoms with Gasteiger partial charge in [0, 0.05) is 0 Å². The first-order chi connectivity index (χ1) is 18.7. The fourth-order valence-corrected chi connectivity index (χ4v) is 2.81. The Morgan fingerprint density at radius 3 is 1.13 bits per heavy atom. The Kier molecular flexibility index (Phi) is 24.5. The van der Waals surface area contributed by atoms with Gasteiger partial charge in [-0.05, 0) is 26.0 Å². The summed E-state index contributed by atoms with van der Waals surface area (Å²) in [5.41, 5.74) is 6.43. The Labute approximate surface area is 228 Å². The summed E-state index contributed by atoms with van der Waals surface area (Å²) in [4.78, 5) is 0. The molecular formula is C27H49NO10. The van der Waals surface area contributed by atoms with Gasteiger partial charge in [-0.15, -0.1) is 0 Å². The molecule has 2 N–H and O–H groups in total. The number of rotatable bonds is 29. The van der Waals surface area contributed by atoms with Crippen LogP contribution in [0.5, 0.6) is 5.75 Å². The van der Waals surface area contributed by atoms with Crippen molar-refractivity contribution in [2.45, 2.75) is 20.0 Å². The summed E-state index contributed by atoms with van der Waals surface area (Å²) in [5.74, 6) is 0.672. The predicted molar refractivity (Wildman–Crippen MR) is 144 cm³/mol. The van der Waals surface area contributed by atoms with Gasteiger partial charge < -0.3 is 53.1 Å². The van der Waals surface area contributed by atoms with Crippen LogP contribution in [0.4, 0.5) is 5.69 Å². The molecule has 0 spiro atoms. The third-order valence-corrected chi connectivity index (χ3v) is 4.69. The number of hydrogen-bond acceptors (Lipinski definition) is 11. The van der Waals surface area contributed by atoms with Gasteiger partial charge in [0.05, 0.1) is 124 Å². The van der Waals surface area contributed by atoms with Gasteiger partial charge in [-0.2, -0.15) is 0 Å². The minimum Gasteiger partial charge on any atom is -0.489 e. The van der Waals surface area contributed by atoms with Crippen molar-refractivity contribution in [3.8, 4) is 5.75 Å². The van der Waals surface area contributed by atoms with E-state index in [0.717, 1.165) is 0 Å². The fourth-order valence-electron chi connectivity index (χ4n) is 2.81. The SMILES string of the molecule is CC(C)OCCOCCOCCOCCOCCOCCOCCOCCOCCOc1ccccc1N. The maximum atomic E-state index is 5.81. The first-order valence-electron chi connectivity index (χ1n) is 13.4. The van der Waals surface area contributed by atoms with Crippen LogP contribution in [-0.4, -0.2) is 125 Å². The fraction of sp³-hybridized carbons (Fsp3) is 0.778. The number of ether oxygens (including phenoxy) is 10. The molecule has 11 nitrogen and oxygen atoms in total. The maximum Gasteiger partial charge on any atom is 0.142 e. The van der Waals surface area contributed by atoms with Crippen molar-refractivity contribution in [1.82, 2.24) is 0 Å². The molecule has 0 bridgehead atoms. The highest BCUT2D eigenvalue weighted by Gasteiger charge is 1.99. The van der Waals surface area contributed by atoms with E-state index in [9.17, 15) is 0 Å². The second-order valence-corrected chi connectivity index (χ2v) is 8.20. The lowest BCUT2D eigenvalue weighted by Crippen LogP contribution is -2.15. The molecule has 0 aliphatic rings. The normalized spacial score (nSPS) is 11.4. The largest absolute Gasteiger partial charge is 0.489 e. The summed E-state index contributed by atoms with van der Waals surface area (Å²) < 4.78 is 54.5. The zero-order valence-corrected chi connectivity index (χ0v) is 23.3. The lowest BCUT2D eigenvalue weighted by molar-refractivity contribution is -0.0271. The van der Waals surface area contributed by atoms with Crippen molar-refractivity contribution in [3.63, 3.8) is 0 Å². The van der Waals surface area contributed by atoms with Gasteiger partial charge >= 0.3 is 0 Å². The minimum absolute atomic E-state index is 0.233. The molecule has 0 unspecified atom stereocenters. The van der Waals surface area contributed by atoms with E-state index in [0.29, 0.717) is 130 Å². The van der Waals surface area contributed by atoms with E-state index in [4.69, 9.17) is 53.1 Å². The molecule has 0 saturated carbocycles. The van der Waals surface area contributed by atoms with Crippen LogP contribution in [0.3, 0.4) is 0 Å². The average Bonchev–Trinajstić information content (AvgIpc) is 2.91. The average molecular weight is 548 g/mol. The van der Waals surface area contributed by atoms with Crippen LogP contribution in [-0.2, 0) is 42.6 Å².